The molecule has 1 aromatic rings. The second-order valence-electron chi connectivity index (χ2n) is 5.93. The number of hydrogen-bond donors (Lipinski definition) is 0. The van der Waals surface area contributed by atoms with Crippen molar-refractivity contribution < 1.29 is 0 Å². The minimum atomic E-state index is 0.249. The van der Waals surface area contributed by atoms with E-state index in [0.29, 0.717) is 6.04 Å². The van der Waals surface area contributed by atoms with E-state index in [1.807, 2.05) is 0 Å². The van der Waals surface area contributed by atoms with Gasteiger partial charge in [-0.15, -0.1) is 0 Å². The van der Waals surface area contributed by atoms with Gasteiger partial charge in [-0.1, -0.05) is 15.9 Å². The maximum absolute atomic E-state index is 9.02. The van der Waals surface area contributed by atoms with Crippen molar-refractivity contribution in [3.05, 3.63) is 28.2 Å². The number of nitrogens with zero attached hydrogens (tertiary/aromatic N) is 3. The van der Waals surface area contributed by atoms with E-state index < -0.39 is 0 Å². The fourth-order valence-corrected chi connectivity index (χ4v) is 3.57. The summed E-state index contributed by atoms with van der Waals surface area (Å²) < 4.78 is 1.17. The summed E-state index contributed by atoms with van der Waals surface area (Å²) in [5.74, 6) is 0.249. The number of anilines is 1. The quantitative estimate of drug-likeness (QED) is 0.832. The summed E-state index contributed by atoms with van der Waals surface area (Å²) in [7, 11) is 0. The monoisotopic (exact) mass is 333 g/mol. The Morgan fingerprint density at radius 3 is 2.80 bits per heavy atom. The SMILES string of the molecule is Cc1cc(N2CCC(N3CCC(C#N)C3)C2)ccc1Br. The van der Waals surface area contributed by atoms with Crippen molar-refractivity contribution in [3.8, 4) is 6.07 Å². The highest BCUT2D eigenvalue weighted by atomic mass is 79.9. The van der Waals surface area contributed by atoms with E-state index in [-0.39, 0.29) is 5.92 Å². The van der Waals surface area contributed by atoms with Crippen LogP contribution in [0.3, 0.4) is 0 Å². The van der Waals surface area contributed by atoms with Gasteiger partial charge in [0.05, 0.1) is 12.0 Å². The Morgan fingerprint density at radius 2 is 2.10 bits per heavy atom. The van der Waals surface area contributed by atoms with Crippen LogP contribution in [0.2, 0.25) is 0 Å². The van der Waals surface area contributed by atoms with E-state index in [9.17, 15) is 0 Å². The molecular formula is C16H20BrN3. The van der Waals surface area contributed by atoms with Crippen molar-refractivity contribution in [1.29, 1.82) is 5.26 Å². The molecule has 2 saturated heterocycles. The molecule has 0 spiro atoms. The average Bonchev–Trinajstić information content (AvgIpc) is 3.09. The molecule has 3 nitrogen and oxygen atoms in total. The molecule has 2 aliphatic rings. The van der Waals surface area contributed by atoms with Gasteiger partial charge in [0.15, 0.2) is 0 Å². The summed E-state index contributed by atoms with van der Waals surface area (Å²) in [5.41, 5.74) is 2.61. The number of benzene rings is 1. The van der Waals surface area contributed by atoms with Gasteiger partial charge < -0.3 is 4.90 Å². The van der Waals surface area contributed by atoms with Crippen molar-refractivity contribution in [2.75, 3.05) is 31.1 Å². The first kappa shape index (κ1) is 13.9. The van der Waals surface area contributed by atoms with E-state index in [1.165, 1.54) is 22.1 Å². The molecule has 0 saturated carbocycles. The molecule has 0 N–H and O–H groups in total. The third-order valence-electron chi connectivity index (χ3n) is 4.59. The topological polar surface area (TPSA) is 30.3 Å². The molecule has 20 heavy (non-hydrogen) atoms. The molecule has 106 valence electrons. The van der Waals surface area contributed by atoms with Gasteiger partial charge in [0.2, 0.25) is 0 Å². The second kappa shape index (κ2) is 5.75. The van der Waals surface area contributed by atoms with Crippen molar-refractivity contribution in [1.82, 2.24) is 4.90 Å². The first-order valence-electron chi connectivity index (χ1n) is 7.32. The van der Waals surface area contributed by atoms with Crippen LogP contribution in [0, 0.1) is 24.2 Å². The molecule has 2 fully saturated rings. The maximum atomic E-state index is 9.02. The molecule has 0 amide bonds. The largest absolute Gasteiger partial charge is 0.370 e. The molecule has 0 aliphatic carbocycles. The summed E-state index contributed by atoms with van der Waals surface area (Å²) in [6, 6.07) is 9.63. The minimum Gasteiger partial charge on any atom is -0.370 e. The zero-order valence-corrected chi connectivity index (χ0v) is 13.4. The predicted molar refractivity (Wildman–Crippen MR) is 84.8 cm³/mol. The molecule has 1 aromatic carbocycles. The minimum absolute atomic E-state index is 0.249. The van der Waals surface area contributed by atoms with Crippen LogP contribution in [0.5, 0.6) is 0 Å². The van der Waals surface area contributed by atoms with E-state index >= 15 is 0 Å². The van der Waals surface area contributed by atoms with Crippen LogP contribution in [0.4, 0.5) is 5.69 Å². The van der Waals surface area contributed by atoms with Gasteiger partial charge in [-0.2, -0.15) is 5.26 Å². The Balaban J connectivity index is 1.65. The van der Waals surface area contributed by atoms with Crippen LogP contribution in [0.15, 0.2) is 22.7 Å². The van der Waals surface area contributed by atoms with Gasteiger partial charge in [0.25, 0.3) is 0 Å². The Bertz CT molecular complexity index is 537. The van der Waals surface area contributed by atoms with Crippen LogP contribution < -0.4 is 4.90 Å². The van der Waals surface area contributed by atoms with Crippen LogP contribution in [-0.2, 0) is 0 Å². The van der Waals surface area contributed by atoms with Crippen molar-refractivity contribution >= 4 is 21.6 Å². The van der Waals surface area contributed by atoms with Crippen molar-refractivity contribution in [2.24, 2.45) is 5.92 Å². The standard InChI is InChI=1S/C16H20BrN3/c1-12-8-14(2-3-16(12)17)20-7-5-15(11-20)19-6-4-13(9-18)10-19/h2-3,8,13,15H,4-7,10-11H2,1H3. The number of nitriles is 1. The highest BCUT2D eigenvalue weighted by Crippen LogP contribution is 2.29. The van der Waals surface area contributed by atoms with E-state index in [1.54, 1.807) is 0 Å². The normalized spacial score (nSPS) is 26.9. The van der Waals surface area contributed by atoms with Crippen LogP contribution in [-0.4, -0.2) is 37.1 Å². The molecule has 2 unspecified atom stereocenters. The summed E-state index contributed by atoms with van der Waals surface area (Å²) in [6.45, 7) is 6.42. The van der Waals surface area contributed by atoms with Gasteiger partial charge >= 0.3 is 0 Å². The molecule has 2 aliphatic heterocycles. The van der Waals surface area contributed by atoms with Crippen LogP contribution in [0.1, 0.15) is 18.4 Å². The highest BCUT2D eigenvalue weighted by Gasteiger charge is 2.32. The zero-order chi connectivity index (χ0) is 14.1. The molecule has 0 bridgehead atoms. The van der Waals surface area contributed by atoms with Gasteiger partial charge in [-0.25, -0.2) is 0 Å². The van der Waals surface area contributed by atoms with Gasteiger partial charge in [0.1, 0.15) is 0 Å². The summed E-state index contributed by atoms with van der Waals surface area (Å²) in [4.78, 5) is 4.99. The number of hydrogen-bond acceptors (Lipinski definition) is 3. The Hall–Kier alpha value is -1.05. The Morgan fingerprint density at radius 1 is 1.25 bits per heavy atom. The lowest BCUT2D eigenvalue weighted by atomic mass is 10.1. The lowest BCUT2D eigenvalue weighted by Gasteiger charge is -2.25. The average molecular weight is 334 g/mol. The molecule has 2 atom stereocenters. The zero-order valence-electron chi connectivity index (χ0n) is 11.8. The Kier molecular flexibility index (Phi) is 4.00. The summed E-state index contributed by atoms with van der Waals surface area (Å²) >= 11 is 3.56. The van der Waals surface area contributed by atoms with E-state index in [4.69, 9.17) is 5.26 Å². The van der Waals surface area contributed by atoms with Crippen LogP contribution in [0.25, 0.3) is 0 Å². The number of rotatable bonds is 2. The first-order chi connectivity index (χ1) is 9.67. The van der Waals surface area contributed by atoms with E-state index in [2.05, 4.69) is 56.9 Å². The van der Waals surface area contributed by atoms with Crippen LogP contribution >= 0.6 is 15.9 Å². The van der Waals surface area contributed by atoms with Gasteiger partial charge in [-0.3, -0.25) is 4.90 Å². The first-order valence-corrected chi connectivity index (χ1v) is 8.11. The third-order valence-corrected chi connectivity index (χ3v) is 5.48. The number of aryl methyl sites for hydroxylation is 1. The van der Waals surface area contributed by atoms with Crippen molar-refractivity contribution in [2.45, 2.75) is 25.8 Å². The van der Waals surface area contributed by atoms with E-state index in [0.717, 1.165) is 32.6 Å². The molecule has 2 heterocycles. The fraction of sp³-hybridized carbons (Fsp3) is 0.562. The lowest BCUT2D eigenvalue weighted by Crippen LogP contribution is -2.35. The number of likely N-dealkylation sites (tertiary alicyclic amines) is 1. The predicted octanol–water partition coefficient (Wildman–Crippen LogP) is 3.18. The third kappa shape index (κ3) is 2.70. The molecule has 4 heteroatoms. The highest BCUT2D eigenvalue weighted by molar-refractivity contribution is 9.10. The maximum Gasteiger partial charge on any atom is 0.0669 e. The fourth-order valence-electron chi connectivity index (χ4n) is 3.32. The molecule has 0 aromatic heterocycles. The van der Waals surface area contributed by atoms with Crippen molar-refractivity contribution in [3.63, 3.8) is 0 Å². The number of halogens is 1. The molecular weight excluding hydrogens is 314 g/mol. The Labute approximate surface area is 129 Å². The second-order valence-corrected chi connectivity index (χ2v) is 6.79. The lowest BCUT2D eigenvalue weighted by molar-refractivity contribution is 0.255. The van der Waals surface area contributed by atoms with Gasteiger partial charge in [0, 0.05) is 35.8 Å². The van der Waals surface area contributed by atoms with Gasteiger partial charge in [-0.05, 0) is 50.1 Å². The summed E-state index contributed by atoms with van der Waals surface area (Å²) in [6.07, 6.45) is 2.26. The molecule has 0 radical (unpaired) electrons. The summed E-state index contributed by atoms with van der Waals surface area (Å²) in [5, 5.41) is 9.02. The smallest absolute Gasteiger partial charge is 0.0669 e. The molecule has 3 rings (SSSR count).